The number of anilines is 2. The van der Waals surface area contributed by atoms with Gasteiger partial charge in [0.05, 0.1) is 13.2 Å². The number of carbonyl (C=O) groups is 1. The predicted octanol–water partition coefficient (Wildman–Crippen LogP) is 1.20. The highest BCUT2D eigenvalue weighted by Gasteiger charge is 2.16. The molecule has 9 nitrogen and oxygen atoms in total. The first-order valence-electron chi connectivity index (χ1n) is 8.87. The number of rotatable bonds is 6. The molecular weight excluding hydrogens is 350 g/mol. The zero-order chi connectivity index (χ0) is 18.5. The molecule has 0 bridgehead atoms. The molecule has 9 heteroatoms. The van der Waals surface area contributed by atoms with E-state index < -0.39 is 0 Å². The van der Waals surface area contributed by atoms with Gasteiger partial charge < -0.3 is 24.8 Å². The van der Waals surface area contributed by atoms with Crippen molar-refractivity contribution in [3.05, 3.63) is 35.9 Å². The maximum absolute atomic E-state index is 12.3. The van der Waals surface area contributed by atoms with Crippen LogP contribution in [0.1, 0.15) is 10.4 Å². The van der Waals surface area contributed by atoms with E-state index in [0.717, 1.165) is 39.4 Å². The molecule has 1 fully saturated rings. The van der Waals surface area contributed by atoms with E-state index in [0.29, 0.717) is 28.7 Å². The van der Waals surface area contributed by atoms with E-state index in [1.807, 2.05) is 0 Å². The number of carbonyl (C=O) groups excluding carboxylic acids is 1. The van der Waals surface area contributed by atoms with Gasteiger partial charge in [0.25, 0.3) is 5.91 Å². The Bertz CT molecular complexity index is 793. The van der Waals surface area contributed by atoms with Crippen LogP contribution in [0, 0.1) is 0 Å². The van der Waals surface area contributed by atoms with E-state index in [2.05, 4.69) is 25.7 Å². The predicted molar refractivity (Wildman–Crippen MR) is 98.3 cm³/mol. The molecule has 142 valence electrons. The van der Waals surface area contributed by atoms with Gasteiger partial charge in [0.1, 0.15) is 5.82 Å². The van der Waals surface area contributed by atoms with Crippen molar-refractivity contribution in [3.63, 3.8) is 0 Å². The molecule has 0 unspecified atom stereocenters. The third-order valence-electron chi connectivity index (χ3n) is 4.38. The summed E-state index contributed by atoms with van der Waals surface area (Å²) in [6, 6.07) is 8.55. The van der Waals surface area contributed by atoms with Crippen LogP contribution in [0.15, 0.2) is 30.3 Å². The van der Waals surface area contributed by atoms with Gasteiger partial charge in [-0.15, -0.1) is 10.2 Å². The average Bonchev–Trinajstić information content (AvgIpc) is 3.18. The summed E-state index contributed by atoms with van der Waals surface area (Å²) in [5.41, 5.74) is 0.466. The summed E-state index contributed by atoms with van der Waals surface area (Å²) in [6.07, 6.45) is 0. The lowest BCUT2D eigenvalue weighted by Gasteiger charge is -2.26. The third kappa shape index (κ3) is 4.44. The Morgan fingerprint density at radius 2 is 1.81 bits per heavy atom. The number of aromatic nitrogens is 2. The summed E-state index contributed by atoms with van der Waals surface area (Å²) in [5.74, 6) is 1.98. The van der Waals surface area contributed by atoms with Crippen LogP contribution in [0.2, 0.25) is 0 Å². The number of ether oxygens (including phenoxy) is 3. The van der Waals surface area contributed by atoms with E-state index >= 15 is 0 Å². The molecule has 27 heavy (non-hydrogen) atoms. The number of hydrogen-bond acceptors (Lipinski definition) is 8. The Morgan fingerprint density at radius 3 is 2.63 bits per heavy atom. The number of nitrogens with one attached hydrogen (secondary N) is 2. The minimum atomic E-state index is -0.282. The molecule has 0 saturated carbocycles. The van der Waals surface area contributed by atoms with Gasteiger partial charge in [-0.25, -0.2) is 0 Å². The van der Waals surface area contributed by atoms with Crippen molar-refractivity contribution in [1.29, 1.82) is 0 Å². The number of nitrogens with zero attached hydrogens (tertiary/aromatic N) is 3. The molecule has 0 aliphatic carbocycles. The second-order valence-corrected chi connectivity index (χ2v) is 6.21. The molecule has 1 saturated heterocycles. The van der Waals surface area contributed by atoms with Crippen LogP contribution in [0.5, 0.6) is 11.5 Å². The number of hydrogen-bond donors (Lipinski definition) is 2. The molecule has 4 rings (SSSR count). The van der Waals surface area contributed by atoms with E-state index in [1.54, 1.807) is 30.3 Å². The van der Waals surface area contributed by atoms with Crippen molar-refractivity contribution in [2.75, 3.05) is 56.8 Å². The first-order valence-corrected chi connectivity index (χ1v) is 8.87. The number of morpholine rings is 1. The third-order valence-corrected chi connectivity index (χ3v) is 4.38. The molecular formula is C18H21N5O4. The standard InChI is InChI=1S/C18H21N5O4/c24-18(13-1-2-14-15(11-13)27-12-26-14)20-17-4-3-16(21-22-17)19-5-6-23-7-9-25-10-8-23/h1-4,11H,5-10,12H2,(H,19,21)(H,20,22,24). The molecule has 1 amide bonds. The zero-order valence-corrected chi connectivity index (χ0v) is 14.8. The molecule has 0 atom stereocenters. The smallest absolute Gasteiger partial charge is 0.257 e. The fourth-order valence-electron chi connectivity index (χ4n) is 2.89. The van der Waals surface area contributed by atoms with Crippen LogP contribution >= 0.6 is 0 Å². The lowest BCUT2D eigenvalue weighted by atomic mass is 10.2. The molecule has 2 aliphatic heterocycles. The molecule has 1 aromatic heterocycles. The summed E-state index contributed by atoms with van der Waals surface area (Å²) in [7, 11) is 0. The Labute approximate surface area is 156 Å². The van der Waals surface area contributed by atoms with Crippen molar-refractivity contribution < 1.29 is 19.0 Å². The lowest BCUT2D eigenvalue weighted by molar-refractivity contribution is 0.0398. The van der Waals surface area contributed by atoms with E-state index in [-0.39, 0.29) is 12.7 Å². The van der Waals surface area contributed by atoms with Gasteiger partial charge in [-0.3, -0.25) is 9.69 Å². The molecule has 2 aliphatic rings. The summed E-state index contributed by atoms with van der Waals surface area (Å²) >= 11 is 0. The lowest BCUT2D eigenvalue weighted by Crippen LogP contribution is -2.39. The van der Waals surface area contributed by atoms with E-state index in [1.165, 1.54) is 0 Å². The monoisotopic (exact) mass is 371 g/mol. The highest BCUT2D eigenvalue weighted by molar-refractivity contribution is 6.04. The van der Waals surface area contributed by atoms with Gasteiger partial charge in [0, 0.05) is 31.7 Å². The van der Waals surface area contributed by atoms with Gasteiger partial charge in [-0.1, -0.05) is 0 Å². The maximum atomic E-state index is 12.3. The molecule has 0 spiro atoms. The Hall–Kier alpha value is -2.91. The first-order chi connectivity index (χ1) is 13.3. The number of amides is 1. The van der Waals surface area contributed by atoms with Crippen LogP contribution in [0.4, 0.5) is 11.6 Å². The zero-order valence-electron chi connectivity index (χ0n) is 14.8. The highest BCUT2D eigenvalue weighted by atomic mass is 16.7. The summed E-state index contributed by atoms with van der Waals surface area (Å²) < 4.78 is 15.9. The van der Waals surface area contributed by atoms with Crippen molar-refractivity contribution in [1.82, 2.24) is 15.1 Å². The van der Waals surface area contributed by atoms with Crippen LogP contribution in [-0.2, 0) is 4.74 Å². The van der Waals surface area contributed by atoms with Gasteiger partial charge in [-0.05, 0) is 30.3 Å². The normalized spacial score (nSPS) is 16.1. The van der Waals surface area contributed by atoms with Gasteiger partial charge in [0.2, 0.25) is 6.79 Å². The van der Waals surface area contributed by atoms with Gasteiger partial charge in [-0.2, -0.15) is 0 Å². The SMILES string of the molecule is O=C(Nc1ccc(NCCN2CCOCC2)nn1)c1ccc2c(c1)OCO2. The molecule has 1 aromatic carbocycles. The number of benzene rings is 1. The Morgan fingerprint density at radius 1 is 1.04 bits per heavy atom. The largest absolute Gasteiger partial charge is 0.454 e. The van der Waals surface area contributed by atoms with Crippen molar-refractivity contribution in [2.45, 2.75) is 0 Å². The Balaban J connectivity index is 1.27. The summed E-state index contributed by atoms with van der Waals surface area (Å²) in [6.45, 7) is 5.36. The van der Waals surface area contributed by atoms with Crippen LogP contribution < -0.4 is 20.1 Å². The fraction of sp³-hybridized carbons (Fsp3) is 0.389. The number of fused-ring (bicyclic) bond motifs is 1. The van der Waals surface area contributed by atoms with Gasteiger partial charge in [0.15, 0.2) is 17.3 Å². The van der Waals surface area contributed by atoms with E-state index in [9.17, 15) is 4.79 Å². The Kier molecular flexibility index (Phi) is 5.31. The van der Waals surface area contributed by atoms with Gasteiger partial charge >= 0.3 is 0 Å². The highest BCUT2D eigenvalue weighted by Crippen LogP contribution is 2.32. The van der Waals surface area contributed by atoms with Crippen LogP contribution in [0.25, 0.3) is 0 Å². The molecule has 3 heterocycles. The minimum absolute atomic E-state index is 0.173. The van der Waals surface area contributed by atoms with Crippen molar-refractivity contribution in [2.24, 2.45) is 0 Å². The quantitative estimate of drug-likeness (QED) is 0.782. The summed E-state index contributed by atoms with van der Waals surface area (Å²) in [5, 5.41) is 14.1. The average molecular weight is 371 g/mol. The van der Waals surface area contributed by atoms with Crippen molar-refractivity contribution >= 4 is 17.5 Å². The molecule has 2 N–H and O–H groups in total. The second-order valence-electron chi connectivity index (χ2n) is 6.21. The molecule has 0 radical (unpaired) electrons. The second kappa shape index (κ2) is 8.19. The van der Waals surface area contributed by atoms with Crippen molar-refractivity contribution in [3.8, 4) is 11.5 Å². The van der Waals surface area contributed by atoms with Crippen LogP contribution in [0.3, 0.4) is 0 Å². The van der Waals surface area contributed by atoms with E-state index in [4.69, 9.17) is 14.2 Å². The fourth-order valence-corrected chi connectivity index (χ4v) is 2.89. The maximum Gasteiger partial charge on any atom is 0.257 e. The van der Waals surface area contributed by atoms with Crippen LogP contribution in [-0.4, -0.2) is 67.2 Å². The minimum Gasteiger partial charge on any atom is -0.454 e. The summed E-state index contributed by atoms with van der Waals surface area (Å²) in [4.78, 5) is 14.7. The first kappa shape index (κ1) is 17.5. The topological polar surface area (TPSA) is 97.8 Å². The molecule has 2 aromatic rings.